The van der Waals surface area contributed by atoms with Crippen molar-refractivity contribution in [3.63, 3.8) is 0 Å². The first-order valence-electron chi connectivity index (χ1n) is 2.04. The number of allylic oxidation sites excluding steroid dienone is 3. The minimum Gasteiger partial charge on any atom is -0.512 e. The molecule has 0 atom stereocenters. The lowest BCUT2D eigenvalue weighted by Crippen LogP contribution is -1.66. The molecule has 7 heavy (non-hydrogen) atoms. The van der Waals surface area contributed by atoms with Gasteiger partial charge in [0.05, 0.1) is 5.76 Å². The van der Waals surface area contributed by atoms with E-state index in [1.54, 1.807) is 12.2 Å². The van der Waals surface area contributed by atoms with Crippen molar-refractivity contribution in [2.45, 2.75) is 6.42 Å². The maximum absolute atomic E-state index is 8.62. The fourth-order valence-electron chi connectivity index (χ4n) is 0.479. The highest BCUT2D eigenvalue weighted by Gasteiger charge is 1.99. The Kier molecular flexibility index (Phi) is 1.07. The second-order valence-corrected chi connectivity index (χ2v) is 1.87. The van der Waals surface area contributed by atoms with Gasteiger partial charge in [-0.05, 0) is 6.08 Å². The maximum atomic E-state index is 8.62. The van der Waals surface area contributed by atoms with Crippen LogP contribution in [0.2, 0.25) is 0 Å². The van der Waals surface area contributed by atoms with Gasteiger partial charge in [0.15, 0.2) is 0 Å². The lowest BCUT2D eigenvalue weighted by Gasteiger charge is -1.79. The smallest absolute Gasteiger partial charge is 0.0975 e. The largest absolute Gasteiger partial charge is 0.512 e. The van der Waals surface area contributed by atoms with Gasteiger partial charge in [-0.15, -0.1) is 0 Å². The molecule has 38 valence electrons. The molecule has 0 aliphatic heterocycles. The first-order valence-corrected chi connectivity index (χ1v) is 2.42. The summed E-state index contributed by atoms with van der Waals surface area (Å²) in [6, 6.07) is 0. The SMILES string of the molecule is OC1=CC(Cl)=CC1. The summed E-state index contributed by atoms with van der Waals surface area (Å²) in [5.74, 6) is 0.352. The second kappa shape index (κ2) is 1.58. The monoisotopic (exact) mass is 116 g/mol. The van der Waals surface area contributed by atoms with Crippen molar-refractivity contribution in [2.24, 2.45) is 0 Å². The van der Waals surface area contributed by atoms with Crippen molar-refractivity contribution in [1.82, 2.24) is 0 Å². The summed E-state index contributed by atoms with van der Waals surface area (Å²) in [4.78, 5) is 0. The topological polar surface area (TPSA) is 20.2 Å². The molecular weight excluding hydrogens is 112 g/mol. The van der Waals surface area contributed by atoms with Gasteiger partial charge in [0, 0.05) is 11.5 Å². The van der Waals surface area contributed by atoms with Crippen molar-refractivity contribution in [3.8, 4) is 0 Å². The molecule has 0 amide bonds. The molecule has 1 nitrogen and oxygen atoms in total. The van der Waals surface area contributed by atoms with Gasteiger partial charge >= 0.3 is 0 Å². The highest BCUT2D eigenvalue weighted by atomic mass is 35.5. The van der Waals surface area contributed by atoms with Crippen LogP contribution in [0.1, 0.15) is 6.42 Å². The molecule has 0 aromatic heterocycles. The van der Waals surface area contributed by atoms with E-state index in [0.29, 0.717) is 17.2 Å². The number of hydrogen-bond donors (Lipinski definition) is 1. The fourth-order valence-corrected chi connectivity index (χ4v) is 0.682. The van der Waals surface area contributed by atoms with Crippen molar-refractivity contribution < 1.29 is 5.11 Å². The van der Waals surface area contributed by atoms with Gasteiger partial charge in [-0.25, -0.2) is 0 Å². The van der Waals surface area contributed by atoms with Gasteiger partial charge < -0.3 is 5.11 Å². The van der Waals surface area contributed by atoms with Crippen LogP contribution in [0.15, 0.2) is 22.9 Å². The minimum absolute atomic E-state index is 0.352. The quantitative estimate of drug-likeness (QED) is 0.513. The Morgan fingerprint density at radius 2 is 2.43 bits per heavy atom. The first-order chi connectivity index (χ1) is 3.29. The van der Waals surface area contributed by atoms with Gasteiger partial charge in [-0.3, -0.25) is 0 Å². The molecule has 0 radical (unpaired) electrons. The summed E-state index contributed by atoms with van der Waals surface area (Å²) < 4.78 is 0. The number of rotatable bonds is 0. The zero-order valence-corrected chi connectivity index (χ0v) is 4.44. The van der Waals surface area contributed by atoms with E-state index in [9.17, 15) is 0 Å². The molecule has 1 aliphatic carbocycles. The predicted octanol–water partition coefficient (Wildman–Crippen LogP) is 1.95. The van der Waals surface area contributed by atoms with E-state index in [-0.39, 0.29) is 0 Å². The summed E-state index contributed by atoms with van der Waals surface area (Å²) in [5, 5.41) is 9.26. The molecule has 0 spiro atoms. The van der Waals surface area contributed by atoms with E-state index in [4.69, 9.17) is 16.7 Å². The molecule has 1 aliphatic rings. The number of aliphatic hydroxyl groups is 1. The fraction of sp³-hybridized carbons (Fsp3) is 0.200. The van der Waals surface area contributed by atoms with Gasteiger partial charge in [0.1, 0.15) is 0 Å². The Hall–Kier alpha value is -0.430. The van der Waals surface area contributed by atoms with Crippen molar-refractivity contribution in [2.75, 3.05) is 0 Å². The predicted molar refractivity (Wildman–Crippen MR) is 29.3 cm³/mol. The highest BCUT2D eigenvalue weighted by Crippen LogP contribution is 2.16. The summed E-state index contributed by atoms with van der Waals surface area (Å²) in [5.41, 5.74) is 0. The van der Waals surface area contributed by atoms with E-state index in [2.05, 4.69) is 0 Å². The van der Waals surface area contributed by atoms with Crippen LogP contribution in [0, 0.1) is 0 Å². The van der Waals surface area contributed by atoms with E-state index >= 15 is 0 Å². The molecule has 0 aromatic carbocycles. The third-order valence-corrected chi connectivity index (χ3v) is 1.07. The molecule has 0 heterocycles. The normalized spacial score (nSPS) is 19.0. The highest BCUT2D eigenvalue weighted by molar-refractivity contribution is 6.31. The lowest BCUT2D eigenvalue weighted by molar-refractivity contribution is 0.404. The lowest BCUT2D eigenvalue weighted by atomic mass is 10.4. The second-order valence-electron chi connectivity index (χ2n) is 1.43. The molecule has 2 heteroatoms. The molecule has 0 fully saturated rings. The number of aliphatic hydroxyl groups excluding tert-OH is 1. The third-order valence-electron chi connectivity index (χ3n) is 0.811. The average molecular weight is 117 g/mol. The van der Waals surface area contributed by atoms with Crippen LogP contribution in [-0.4, -0.2) is 5.11 Å². The standard InChI is InChI=1S/C5H5ClO/c6-4-1-2-5(7)3-4/h1,3,7H,2H2. The zero-order chi connectivity index (χ0) is 5.28. The molecule has 0 aromatic rings. The van der Waals surface area contributed by atoms with E-state index < -0.39 is 0 Å². The maximum Gasteiger partial charge on any atom is 0.0975 e. The molecule has 0 unspecified atom stereocenters. The number of hydrogen-bond acceptors (Lipinski definition) is 1. The average Bonchev–Trinajstić information content (AvgIpc) is 1.87. The van der Waals surface area contributed by atoms with E-state index in [1.807, 2.05) is 0 Å². The van der Waals surface area contributed by atoms with Crippen molar-refractivity contribution >= 4 is 11.6 Å². The van der Waals surface area contributed by atoms with Crippen molar-refractivity contribution in [1.29, 1.82) is 0 Å². The zero-order valence-electron chi connectivity index (χ0n) is 3.69. The van der Waals surface area contributed by atoms with Crippen LogP contribution in [-0.2, 0) is 0 Å². The van der Waals surface area contributed by atoms with E-state index in [1.165, 1.54) is 0 Å². The summed E-state index contributed by atoms with van der Waals surface area (Å²) >= 11 is 5.43. The molecule has 0 saturated carbocycles. The van der Waals surface area contributed by atoms with Crippen LogP contribution >= 0.6 is 11.6 Å². The van der Waals surface area contributed by atoms with Crippen LogP contribution < -0.4 is 0 Å². The Bertz CT molecular complexity index is 135. The molecular formula is C5H5ClO. The Balaban J connectivity index is 2.69. The molecule has 0 bridgehead atoms. The Labute approximate surface area is 46.9 Å². The Morgan fingerprint density at radius 3 is 2.57 bits per heavy atom. The molecule has 1 N–H and O–H groups in total. The Morgan fingerprint density at radius 1 is 1.71 bits per heavy atom. The minimum atomic E-state index is 0.352. The molecule has 1 rings (SSSR count). The summed E-state index contributed by atoms with van der Waals surface area (Å²) in [6.07, 6.45) is 3.90. The summed E-state index contributed by atoms with van der Waals surface area (Å²) in [7, 11) is 0. The van der Waals surface area contributed by atoms with Gasteiger partial charge in [0.25, 0.3) is 0 Å². The van der Waals surface area contributed by atoms with Crippen molar-refractivity contribution in [3.05, 3.63) is 22.9 Å². The van der Waals surface area contributed by atoms with Crippen LogP contribution in [0.3, 0.4) is 0 Å². The van der Waals surface area contributed by atoms with Crippen LogP contribution in [0.4, 0.5) is 0 Å². The van der Waals surface area contributed by atoms with Gasteiger partial charge in [0.2, 0.25) is 0 Å². The van der Waals surface area contributed by atoms with Gasteiger partial charge in [-0.1, -0.05) is 17.7 Å². The van der Waals surface area contributed by atoms with E-state index in [0.717, 1.165) is 0 Å². The number of halogens is 1. The van der Waals surface area contributed by atoms with Crippen LogP contribution in [0.5, 0.6) is 0 Å². The first kappa shape index (κ1) is 4.72. The molecule has 0 saturated heterocycles. The van der Waals surface area contributed by atoms with Crippen LogP contribution in [0.25, 0.3) is 0 Å². The van der Waals surface area contributed by atoms with Gasteiger partial charge in [-0.2, -0.15) is 0 Å². The summed E-state index contributed by atoms with van der Waals surface area (Å²) in [6.45, 7) is 0. The third kappa shape index (κ3) is 0.967.